The van der Waals surface area contributed by atoms with Gasteiger partial charge < -0.3 is 15.4 Å². The number of ether oxygens (including phenoxy) is 1. The molecule has 0 bridgehead atoms. The molecule has 0 fully saturated rings. The van der Waals surface area contributed by atoms with Gasteiger partial charge >= 0.3 is 6.09 Å². The highest BCUT2D eigenvalue weighted by Gasteiger charge is 2.28. The monoisotopic (exact) mass is 230 g/mol. The van der Waals surface area contributed by atoms with Gasteiger partial charge in [0.25, 0.3) is 0 Å². The average Bonchev–Trinajstić information content (AvgIpc) is 2.14. The third-order valence-corrected chi connectivity index (χ3v) is 2.49. The number of carbonyl (C=O) groups excluding carboxylic acids is 1. The van der Waals surface area contributed by atoms with Crippen LogP contribution in [0.15, 0.2) is 0 Å². The lowest BCUT2D eigenvalue weighted by atomic mass is 10.1. The maximum Gasteiger partial charge on any atom is 0.410 e. The Morgan fingerprint density at radius 3 is 2.12 bits per heavy atom. The van der Waals surface area contributed by atoms with Gasteiger partial charge in [0.2, 0.25) is 0 Å². The molecule has 0 aliphatic heterocycles. The van der Waals surface area contributed by atoms with E-state index in [0.717, 1.165) is 6.42 Å². The maximum absolute atomic E-state index is 12.0. The van der Waals surface area contributed by atoms with E-state index >= 15 is 0 Å². The molecule has 16 heavy (non-hydrogen) atoms. The van der Waals surface area contributed by atoms with Crippen LogP contribution in [-0.4, -0.2) is 35.2 Å². The quantitative estimate of drug-likeness (QED) is 0.806. The Morgan fingerprint density at radius 2 is 1.81 bits per heavy atom. The summed E-state index contributed by atoms with van der Waals surface area (Å²) in [6.45, 7) is 12.0. The Bertz CT molecular complexity index is 214. The Hall–Kier alpha value is -0.770. The minimum atomic E-state index is -0.461. The van der Waals surface area contributed by atoms with Gasteiger partial charge in [-0.05, 0) is 41.0 Å². The van der Waals surface area contributed by atoms with Crippen molar-refractivity contribution in [2.75, 3.05) is 6.54 Å². The molecule has 0 aromatic rings. The largest absolute Gasteiger partial charge is 0.444 e. The topological polar surface area (TPSA) is 55.6 Å². The summed E-state index contributed by atoms with van der Waals surface area (Å²) in [6.07, 6.45) is 0.614. The van der Waals surface area contributed by atoms with Crippen LogP contribution in [-0.2, 0) is 4.74 Å². The van der Waals surface area contributed by atoms with Crippen molar-refractivity contribution in [2.24, 2.45) is 5.73 Å². The van der Waals surface area contributed by atoms with E-state index < -0.39 is 5.60 Å². The summed E-state index contributed by atoms with van der Waals surface area (Å²) >= 11 is 0. The molecule has 0 aliphatic carbocycles. The molecule has 4 nitrogen and oxygen atoms in total. The van der Waals surface area contributed by atoms with Gasteiger partial charge in [-0.2, -0.15) is 0 Å². The van der Waals surface area contributed by atoms with E-state index in [1.165, 1.54) is 0 Å². The smallest absolute Gasteiger partial charge is 0.410 e. The third kappa shape index (κ3) is 4.84. The van der Waals surface area contributed by atoms with Gasteiger partial charge in [0, 0.05) is 18.6 Å². The van der Waals surface area contributed by atoms with Crippen molar-refractivity contribution in [3.63, 3.8) is 0 Å². The van der Waals surface area contributed by atoms with Gasteiger partial charge in [-0.3, -0.25) is 0 Å². The zero-order valence-corrected chi connectivity index (χ0v) is 11.4. The lowest BCUT2D eigenvalue weighted by molar-refractivity contribution is 0.00902. The number of hydrogen-bond acceptors (Lipinski definition) is 3. The first-order chi connectivity index (χ1) is 7.22. The molecular formula is C12H26N2O2. The molecule has 2 N–H and O–H groups in total. The summed E-state index contributed by atoms with van der Waals surface area (Å²) in [5, 5.41) is 0. The van der Waals surface area contributed by atoms with E-state index in [4.69, 9.17) is 10.5 Å². The van der Waals surface area contributed by atoms with Crippen LogP contribution in [0.4, 0.5) is 4.79 Å². The Labute approximate surface area is 99.1 Å². The molecule has 4 heteroatoms. The van der Waals surface area contributed by atoms with E-state index in [1.54, 1.807) is 4.90 Å². The molecular weight excluding hydrogens is 204 g/mol. The number of rotatable bonds is 4. The van der Waals surface area contributed by atoms with Crippen molar-refractivity contribution in [3.8, 4) is 0 Å². The molecule has 0 rings (SSSR count). The van der Waals surface area contributed by atoms with Gasteiger partial charge in [-0.15, -0.1) is 0 Å². The molecule has 1 amide bonds. The highest BCUT2D eigenvalue weighted by molar-refractivity contribution is 5.69. The Balaban J connectivity index is 4.70. The van der Waals surface area contributed by atoms with E-state index in [2.05, 4.69) is 0 Å². The molecule has 0 spiro atoms. The third-order valence-electron chi connectivity index (χ3n) is 2.49. The summed E-state index contributed by atoms with van der Waals surface area (Å²) in [6, 6.07) is 0.151. The first-order valence-corrected chi connectivity index (χ1v) is 5.94. The molecule has 0 saturated carbocycles. The van der Waals surface area contributed by atoms with Crippen LogP contribution in [0.2, 0.25) is 0 Å². The second kappa shape index (κ2) is 6.09. The van der Waals surface area contributed by atoms with Crippen molar-refractivity contribution in [3.05, 3.63) is 0 Å². The van der Waals surface area contributed by atoms with E-state index in [-0.39, 0.29) is 18.2 Å². The zero-order chi connectivity index (χ0) is 12.9. The summed E-state index contributed by atoms with van der Waals surface area (Å²) in [5.74, 6) is 0. The van der Waals surface area contributed by atoms with Gasteiger partial charge in [0.05, 0.1) is 0 Å². The van der Waals surface area contributed by atoms with Gasteiger partial charge in [0.1, 0.15) is 5.60 Å². The molecule has 0 saturated heterocycles. The van der Waals surface area contributed by atoms with Crippen LogP contribution >= 0.6 is 0 Å². The Morgan fingerprint density at radius 1 is 1.31 bits per heavy atom. The maximum atomic E-state index is 12.0. The highest BCUT2D eigenvalue weighted by Crippen LogP contribution is 2.15. The van der Waals surface area contributed by atoms with Crippen molar-refractivity contribution in [1.29, 1.82) is 0 Å². The first-order valence-electron chi connectivity index (χ1n) is 5.94. The second-order valence-electron chi connectivity index (χ2n) is 5.23. The van der Waals surface area contributed by atoms with Crippen molar-refractivity contribution in [2.45, 2.75) is 65.6 Å². The molecule has 2 atom stereocenters. The fourth-order valence-corrected chi connectivity index (χ4v) is 1.42. The van der Waals surface area contributed by atoms with Crippen LogP contribution in [0.5, 0.6) is 0 Å². The van der Waals surface area contributed by atoms with E-state index in [0.29, 0.717) is 6.54 Å². The van der Waals surface area contributed by atoms with Crippen molar-refractivity contribution >= 4 is 6.09 Å². The minimum Gasteiger partial charge on any atom is -0.444 e. The molecule has 0 aliphatic rings. The second-order valence-corrected chi connectivity index (χ2v) is 5.23. The zero-order valence-electron chi connectivity index (χ0n) is 11.4. The van der Waals surface area contributed by atoms with Crippen molar-refractivity contribution < 1.29 is 9.53 Å². The van der Waals surface area contributed by atoms with E-state index in [9.17, 15) is 4.79 Å². The number of carbonyl (C=O) groups is 1. The SMILES string of the molecule is CCC(C)N(C(=O)OC(C)(C)C)[C@@H](C)CN. The Kier molecular flexibility index (Phi) is 5.79. The molecule has 0 heterocycles. The summed E-state index contributed by atoms with van der Waals surface area (Å²) in [5.41, 5.74) is 5.16. The number of amides is 1. The summed E-state index contributed by atoms with van der Waals surface area (Å²) in [7, 11) is 0. The predicted molar refractivity (Wildman–Crippen MR) is 66.3 cm³/mol. The fourth-order valence-electron chi connectivity index (χ4n) is 1.42. The van der Waals surface area contributed by atoms with Crippen LogP contribution in [0.25, 0.3) is 0 Å². The number of nitrogens with zero attached hydrogens (tertiary/aromatic N) is 1. The molecule has 0 radical (unpaired) electrons. The highest BCUT2D eigenvalue weighted by atomic mass is 16.6. The normalized spacial score (nSPS) is 15.4. The van der Waals surface area contributed by atoms with Gasteiger partial charge in [0.15, 0.2) is 0 Å². The predicted octanol–water partition coefficient (Wildman–Crippen LogP) is 2.37. The average molecular weight is 230 g/mol. The minimum absolute atomic E-state index is 0.00444. The van der Waals surface area contributed by atoms with Crippen molar-refractivity contribution in [1.82, 2.24) is 4.90 Å². The van der Waals surface area contributed by atoms with Gasteiger partial charge in [-0.1, -0.05) is 6.92 Å². The summed E-state index contributed by atoms with van der Waals surface area (Å²) < 4.78 is 5.38. The molecule has 0 aromatic heterocycles. The first kappa shape index (κ1) is 15.2. The van der Waals surface area contributed by atoms with Crippen LogP contribution in [0.3, 0.4) is 0 Å². The van der Waals surface area contributed by atoms with Crippen LogP contribution in [0, 0.1) is 0 Å². The molecule has 96 valence electrons. The molecule has 0 aromatic carbocycles. The van der Waals surface area contributed by atoms with Crippen LogP contribution < -0.4 is 5.73 Å². The van der Waals surface area contributed by atoms with Gasteiger partial charge in [-0.25, -0.2) is 4.79 Å². The lowest BCUT2D eigenvalue weighted by Crippen LogP contribution is -2.49. The summed E-state index contributed by atoms with van der Waals surface area (Å²) in [4.78, 5) is 13.7. The lowest BCUT2D eigenvalue weighted by Gasteiger charge is -2.35. The number of hydrogen-bond donors (Lipinski definition) is 1. The van der Waals surface area contributed by atoms with E-state index in [1.807, 2.05) is 41.5 Å². The molecule has 1 unspecified atom stereocenters. The standard InChI is InChI=1S/C12H26N2O2/c1-7-9(2)14(10(3)8-13)11(15)16-12(4,5)6/h9-10H,7-8,13H2,1-6H3/t9?,10-/m0/s1. The van der Waals surface area contributed by atoms with Crippen LogP contribution in [0.1, 0.15) is 48.0 Å². The fraction of sp³-hybridized carbons (Fsp3) is 0.917. The number of nitrogens with two attached hydrogens (primary N) is 1.